The number of carboxylic acids is 1. The summed E-state index contributed by atoms with van der Waals surface area (Å²) < 4.78 is 1.75. The lowest BCUT2D eigenvalue weighted by molar-refractivity contribution is -0.137. The van der Waals surface area contributed by atoms with Crippen LogP contribution in [0.1, 0.15) is 49.4 Å². The molecule has 6 heteroatoms. The highest BCUT2D eigenvalue weighted by molar-refractivity contribution is 5.93. The van der Waals surface area contributed by atoms with E-state index in [2.05, 4.69) is 17.3 Å². The third-order valence-corrected chi connectivity index (χ3v) is 2.70. The van der Waals surface area contributed by atoms with Gasteiger partial charge >= 0.3 is 5.97 Å². The van der Waals surface area contributed by atoms with Gasteiger partial charge < -0.3 is 10.4 Å². The Balaban J connectivity index is 2.18. The monoisotopic (exact) mass is 267 g/mol. The molecule has 2 N–H and O–H groups in total. The molecule has 1 aromatic rings. The lowest BCUT2D eigenvalue weighted by atomic mass is 10.2. The van der Waals surface area contributed by atoms with Crippen LogP contribution in [0.3, 0.4) is 0 Å². The first kappa shape index (κ1) is 15.2. The Kier molecular flexibility index (Phi) is 6.63. The van der Waals surface area contributed by atoms with Crippen LogP contribution in [0.15, 0.2) is 12.4 Å². The first-order chi connectivity index (χ1) is 9.13. The van der Waals surface area contributed by atoms with Crippen molar-refractivity contribution in [2.75, 3.05) is 6.54 Å². The molecule has 0 unspecified atom stereocenters. The van der Waals surface area contributed by atoms with Crippen molar-refractivity contribution >= 4 is 11.9 Å². The van der Waals surface area contributed by atoms with Crippen molar-refractivity contribution < 1.29 is 14.7 Å². The molecular weight excluding hydrogens is 246 g/mol. The minimum absolute atomic E-state index is 0.124. The van der Waals surface area contributed by atoms with Crippen molar-refractivity contribution in [1.82, 2.24) is 15.1 Å². The number of hydrogen-bond acceptors (Lipinski definition) is 3. The molecule has 0 aliphatic rings. The summed E-state index contributed by atoms with van der Waals surface area (Å²) in [6.45, 7) is 3.43. The van der Waals surface area contributed by atoms with Crippen molar-refractivity contribution in [2.45, 2.75) is 45.6 Å². The van der Waals surface area contributed by atoms with E-state index < -0.39 is 5.97 Å². The largest absolute Gasteiger partial charge is 0.481 e. The van der Waals surface area contributed by atoms with Crippen molar-refractivity contribution in [3.05, 3.63) is 18.0 Å². The van der Waals surface area contributed by atoms with Crippen LogP contribution in [0.2, 0.25) is 0 Å². The van der Waals surface area contributed by atoms with E-state index in [9.17, 15) is 9.59 Å². The van der Waals surface area contributed by atoms with Crippen molar-refractivity contribution in [3.8, 4) is 0 Å². The number of carbonyl (C=O) groups is 2. The summed E-state index contributed by atoms with van der Waals surface area (Å²) in [4.78, 5) is 22.0. The summed E-state index contributed by atoms with van der Waals surface area (Å²) in [5.41, 5.74) is 0.569. The van der Waals surface area contributed by atoms with Crippen LogP contribution in [-0.4, -0.2) is 33.3 Å². The molecule has 0 saturated carbocycles. The number of aryl methyl sites for hydroxylation is 1. The summed E-state index contributed by atoms with van der Waals surface area (Å²) in [5, 5.41) is 15.4. The van der Waals surface area contributed by atoms with Gasteiger partial charge in [0.05, 0.1) is 11.8 Å². The van der Waals surface area contributed by atoms with Gasteiger partial charge in [0, 0.05) is 25.7 Å². The molecular formula is C13H21N3O3. The Morgan fingerprint density at radius 1 is 1.37 bits per heavy atom. The Morgan fingerprint density at radius 3 is 2.84 bits per heavy atom. The number of carbonyl (C=O) groups excluding carboxylic acids is 1. The molecule has 0 fully saturated rings. The first-order valence-electron chi connectivity index (χ1n) is 6.66. The van der Waals surface area contributed by atoms with E-state index in [1.54, 1.807) is 17.1 Å². The Hall–Kier alpha value is -1.85. The van der Waals surface area contributed by atoms with Gasteiger partial charge in [-0.05, 0) is 19.3 Å². The second-order valence-corrected chi connectivity index (χ2v) is 4.45. The number of amides is 1. The van der Waals surface area contributed by atoms with Crippen LogP contribution in [0.25, 0.3) is 0 Å². The smallest absolute Gasteiger partial charge is 0.303 e. The molecule has 6 nitrogen and oxygen atoms in total. The first-order valence-corrected chi connectivity index (χ1v) is 6.66. The zero-order valence-corrected chi connectivity index (χ0v) is 11.3. The zero-order valence-electron chi connectivity index (χ0n) is 11.3. The second-order valence-electron chi connectivity index (χ2n) is 4.45. The number of hydrogen-bond donors (Lipinski definition) is 2. The molecule has 19 heavy (non-hydrogen) atoms. The van der Waals surface area contributed by atoms with E-state index in [4.69, 9.17) is 5.11 Å². The van der Waals surface area contributed by atoms with Gasteiger partial charge in [-0.2, -0.15) is 5.10 Å². The summed E-state index contributed by atoms with van der Waals surface area (Å²) in [7, 11) is 0. The van der Waals surface area contributed by atoms with E-state index in [1.807, 2.05) is 0 Å². The van der Waals surface area contributed by atoms with E-state index in [-0.39, 0.29) is 12.3 Å². The molecule has 1 rings (SSSR count). The zero-order chi connectivity index (χ0) is 14.1. The number of nitrogens with zero attached hydrogens (tertiary/aromatic N) is 2. The fourth-order valence-corrected chi connectivity index (χ4v) is 1.71. The summed E-state index contributed by atoms with van der Waals surface area (Å²) >= 11 is 0. The molecule has 0 bridgehead atoms. The van der Waals surface area contributed by atoms with Gasteiger partial charge in [-0.3, -0.25) is 14.3 Å². The second kappa shape index (κ2) is 8.29. The van der Waals surface area contributed by atoms with Gasteiger partial charge in [0.15, 0.2) is 0 Å². The maximum Gasteiger partial charge on any atom is 0.303 e. The van der Waals surface area contributed by atoms with Gasteiger partial charge in [-0.15, -0.1) is 0 Å². The lowest BCUT2D eigenvalue weighted by Gasteiger charge is -2.02. The van der Waals surface area contributed by atoms with Crippen LogP contribution in [0.4, 0.5) is 0 Å². The van der Waals surface area contributed by atoms with Gasteiger partial charge in [-0.25, -0.2) is 0 Å². The van der Waals surface area contributed by atoms with Crippen molar-refractivity contribution in [3.63, 3.8) is 0 Å². The predicted molar refractivity (Wildman–Crippen MR) is 71.0 cm³/mol. The highest BCUT2D eigenvalue weighted by Gasteiger charge is 2.07. The summed E-state index contributed by atoms with van der Waals surface area (Å²) in [6.07, 6.45) is 6.73. The van der Waals surface area contributed by atoms with Crippen LogP contribution in [0, 0.1) is 0 Å². The summed E-state index contributed by atoms with van der Waals surface area (Å²) in [6, 6.07) is 0. The number of rotatable bonds is 9. The average molecular weight is 267 g/mol. The predicted octanol–water partition coefficient (Wildman–Crippen LogP) is 1.67. The molecule has 0 atom stereocenters. The molecule has 1 amide bonds. The number of nitrogens with one attached hydrogen (secondary N) is 1. The normalized spacial score (nSPS) is 10.4. The van der Waals surface area contributed by atoms with E-state index in [1.165, 1.54) is 0 Å². The van der Waals surface area contributed by atoms with Gasteiger partial charge in [0.1, 0.15) is 0 Å². The highest BCUT2D eigenvalue weighted by atomic mass is 16.4. The molecule has 1 heterocycles. The number of carboxylic acid groups (broad SMARTS) is 1. The standard InChI is InChI=1S/C13H21N3O3/c1-2-8-16-10-11(9-15-16)13(19)14-7-5-3-4-6-12(17)18/h9-10H,2-8H2,1H3,(H,14,19)(H,17,18). The van der Waals surface area contributed by atoms with Gasteiger partial charge in [-0.1, -0.05) is 13.3 Å². The SMILES string of the molecule is CCCn1cc(C(=O)NCCCCCC(=O)O)cn1. The fraction of sp³-hybridized carbons (Fsp3) is 0.615. The third-order valence-electron chi connectivity index (χ3n) is 2.70. The maximum atomic E-state index is 11.7. The summed E-state index contributed by atoms with van der Waals surface area (Å²) in [5.74, 6) is -0.895. The minimum atomic E-state index is -0.771. The number of aliphatic carboxylic acids is 1. The van der Waals surface area contributed by atoms with E-state index in [0.29, 0.717) is 18.5 Å². The van der Waals surface area contributed by atoms with Crippen molar-refractivity contribution in [2.24, 2.45) is 0 Å². The Bertz CT molecular complexity index is 415. The Labute approximate surface area is 112 Å². The van der Waals surface area contributed by atoms with E-state index >= 15 is 0 Å². The average Bonchev–Trinajstić information content (AvgIpc) is 2.82. The molecule has 0 saturated heterocycles. The van der Waals surface area contributed by atoms with Gasteiger partial charge in [0.25, 0.3) is 5.91 Å². The van der Waals surface area contributed by atoms with Crippen LogP contribution in [-0.2, 0) is 11.3 Å². The third kappa shape index (κ3) is 6.03. The maximum absolute atomic E-state index is 11.7. The van der Waals surface area contributed by atoms with Gasteiger partial charge in [0.2, 0.25) is 0 Å². The van der Waals surface area contributed by atoms with Crippen LogP contribution >= 0.6 is 0 Å². The molecule has 1 aromatic heterocycles. The molecule has 0 spiro atoms. The molecule has 0 aliphatic carbocycles. The van der Waals surface area contributed by atoms with E-state index in [0.717, 1.165) is 25.8 Å². The highest BCUT2D eigenvalue weighted by Crippen LogP contribution is 2.01. The molecule has 0 aromatic carbocycles. The molecule has 0 aliphatic heterocycles. The number of unbranched alkanes of at least 4 members (excludes halogenated alkanes) is 2. The molecule has 106 valence electrons. The number of aromatic nitrogens is 2. The minimum Gasteiger partial charge on any atom is -0.481 e. The lowest BCUT2D eigenvalue weighted by Crippen LogP contribution is -2.24. The fourth-order valence-electron chi connectivity index (χ4n) is 1.71. The molecule has 0 radical (unpaired) electrons. The Morgan fingerprint density at radius 2 is 2.16 bits per heavy atom. The van der Waals surface area contributed by atoms with Crippen molar-refractivity contribution in [1.29, 1.82) is 0 Å². The van der Waals surface area contributed by atoms with Crippen LogP contribution in [0.5, 0.6) is 0 Å². The quantitative estimate of drug-likeness (QED) is 0.666. The topological polar surface area (TPSA) is 84.2 Å². The van der Waals surface area contributed by atoms with Crippen LogP contribution < -0.4 is 5.32 Å².